The van der Waals surface area contributed by atoms with Crippen molar-refractivity contribution in [3.63, 3.8) is 0 Å². The average Bonchev–Trinajstić information content (AvgIpc) is 3.29. The second kappa shape index (κ2) is 7.33. The van der Waals surface area contributed by atoms with E-state index in [0.29, 0.717) is 22.1 Å². The molecule has 0 N–H and O–H groups in total. The van der Waals surface area contributed by atoms with Crippen LogP contribution >= 0.6 is 23.2 Å². The minimum Gasteiger partial charge on any atom is -0.340 e. The SMILES string of the molecule is CN(C(=O)C1(c2ccc(Cl)c(Cl)c2)CC1)[C@H]1CCCC[C@@H]1N1CCCC1. The van der Waals surface area contributed by atoms with E-state index in [4.69, 9.17) is 23.2 Å². The van der Waals surface area contributed by atoms with Crippen LogP contribution in [0, 0.1) is 0 Å². The molecule has 142 valence electrons. The largest absolute Gasteiger partial charge is 0.340 e. The van der Waals surface area contributed by atoms with E-state index in [1.54, 1.807) is 0 Å². The van der Waals surface area contributed by atoms with Crippen LogP contribution in [0.4, 0.5) is 0 Å². The van der Waals surface area contributed by atoms with Crippen molar-refractivity contribution in [3.8, 4) is 0 Å². The first-order valence-electron chi connectivity index (χ1n) is 10.00. The van der Waals surface area contributed by atoms with Crippen LogP contribution in [-0.2, 0) is 10.2 Å². The van der Waals surface area contributed by atoms with Crippen molar-refractivity contribution in [2.75, 3.05) is 20.1 Å². The summed E-state index contributed by atoms with van der Waals surface area (Å²) in [7, 11) is 2.03. The van der Waals surface area contributed by atoms with Crippen molar-refractivity contribution in [1.29, 1.82) is 0 Å². The zero-order chi connectivity index (χ0) is 18.3. The van der Waals surface area contributed by atoms with Crippen molar-refractivity contribution in [3.05, 3.63) is 33.8 Å². The standard InChI is InChI=1S/C21H28Cl2N2O/c1-24(18-6-2-3-7-19(18)25-12-4-5-13-25)20(26)21(10-11-21)15-8-9-16(22)17(23)14-15/h8-9,14,18-19H,2-7,10-13H2,1H3/t18-,19-/m0/s1. The Balaban J connectivity index is 1.55. The third-order valence-corrected chi connectivity index (χ3v) is 7.49. The Labute approximate surface area is 166 Å². The van der Waals surface area contributed by atoms with Gasteiger partial charge >= 0.3 is 0 Å². The summed E-state index contributed by atoms with van der Waals surface area (Å²) >= 11 is 12.3. The molecule has 5 heteroatoms. The molecule has 1 heterocycles. The van der Waals surface area contributed by atoms with Crippen LogP contribution in [0.15, 0.2) is 18.2 Å². The van der Waals surface area contributed by atoms with Gasteiger partial charge in [-0.05, 0) is 69.3 Å². The first-order valence-corrected chi connectivity index (χ1v) is 10.8. The van der Waals surface area contributed by atoms with Gasteiger partial charge in [-0.25, -0.2) is 0 Å². The third-order valence-electron chi connectivity index (χ3n) is 6.75. The maximum absolute atomic E-state index is 13.5. The van der Waals surface area contributed by atoms with Gasteiger partial charge in [-0.3, -0.25) is 9.69 Å². The molecule has 3 aliphatic rings. The van der Waals surface area contributed by atoms with Gasteiger partial charge in [0.2, 0.25) is 5.91 Å². The molecule has 26 heavy (non-hydrogen) atoms. The van der Waals surface area contributed by atoms with Crippen molar-refractivity contribution >= 4 is 29.1 Å². The second-order valence-electron chi connectivity index (χ2n) is 8.29. The Hall–Kier alpha value is -0.770. The number of rotatable bonds is 4. The smallest absolute Gasteiger partial charge is 0.233 e. The van der Waals surface area contributed by atoms with Crippen LogP contribution in [-0.4, -0.2) is 47.9 Å². The fraction of sp³-hybridized carbons (Fsp3) is 0.667. The van der Waals surface area contributed by atoms with E-state index in [-0.39, 0.29) is 11.3 Å². The summed E-state index contributed by atoms with van der Waals surface area (Å²) in [5.41, 5.74) is 0.646. The van der Waals surface area contributed by atoms with Gasteiger partial charge in [0.1, 0.15) is 0 Å². The predicted molar refractivity (Wildman–Crippen MR) is 107 cm³/mol. The van der Waals surface area contributed by atoms with Gasteiger partial charge in [0.25, 0.3) is 0 Å². The molecule has 1 amide bonds. The van der Waals surface area contributed by atoms with E-state index in [2.05, 4.69) is 9.80 Å². The molecule has 1 aliphatic heterocycles. The highest BCUT2D eigenvalue weighted by atomic mass is 35.5. The number of carbonyl (C=O) groups excluding carboxylic acids is 1. The van der Waals surface area contributed by atoms with Gasteiger partial charge < -0.3 is 4.90 Å². The highest BCUT2D eigenvalue weighted by Crippen LogP contribution is 2.51. The summed E-state index contributed by atoms with van der Waals surface area (Å²) in [6.07, 6.45) is 9.29. The number of likely N-dealkylation sites (tertiary alicyclic amines) is 1. The molecule has 2 saturated carbocycles. The molecule has 2 aliphatic carbocycles. The number of nitrogens with zero attached hydrogens (tertiary/aromatic N) is 2. The number of amides is 1. The van der Waals surface area contributed by atoms with E-state index < -0.39 is 0 Å². The molecule has 1 saturated heterocycles. The third kappa shape index (κ3) is 3.27. The van der Waals surface area contributed by atoms with Gasteiger partial charge in [0.15, 0.2) is 0 Å². The van der Waals surface area contributed by atoms with Crippen LogP contribution in [0.5, 0.6) is 0 Å². The van der Waals surface area contributed by atoms with Gasteiger partial charge in [0.05, 0.1) is 15.5 Å². The molecule has 4 rings (SSSR count). The first kappa shape index (κ1) is 18.6. The maximum atomic E-state index is 13.5. The molecule has 1 aromatic rings. The number of benzene rings is 1. The predicted octanol–water partition coefficient (Wildman–Crippen LogP) is 4.89. The molecular weight excluding hydrogens is 367 g/mol. The van der Waals surface area contributed by atoms with Crippen molar-refractivity contribution in [1.82, 2.24) is 9.80 Å². The molecule has 0 radical (unpaired) electrons. The number of hydrogen-bond acceptors (Lipinski definition) is 2. The van der Waals surface area contributed by atoms with Gasteiger partial charge in [-0.15, -0.1) is 0 Å². The summed E-state index contributed by atoms with van der Waals surface area (Å²) in [6, 6.07) is 6.56. The summed E-state index contributed by atoms with van der Waals surface area (Å²) in [5.74, 6) is 0.270. The molecule has 1 aromatic carbocycles. The van der Waals surface area contributed by atoms with Crippen molar-refractivity contribution < 1.29 is 4.79 Å². The molecular formula is C21H28Cl2N2O. The summed E-state index contributed by atoms with van der Waals surface area (Å²) in [4.78, 5) is 18.2. The topological polar surface area (TPSA) is 23.6 Å². The average molecular weight is 395 g/mol. The lowest BCUT2D eigenvalue weighted by molar-refractivity contribution is -0.137. The lowest BCUT2D eigenvalue weighted by Crippen LogP contribution is -2.55. The normalized spacial score (nSPS) is 28.1. The first-order chi connectivity index (χ1) is 12.5. The monoisotopic (exact) mass is 394 g/mol. The molecule has 3 fully saturated rings. The molecule has 0 aromatic heterocycles. The van der Waals surface area contributed by atoms with Crippen molar-refractivity contribution in [2.24, 2.45) is 0 Å². The zero-order valence-corrected chi connectivity index (χ0v) is 17.0. The number of likely N-dealkylation sites (N-methyl/N-ethyl adjacent to an activating group) is 1. The highest BCUT2D eigenvalue weighted by Gasteiger charge is 2.54. The summed E-state index contributed by atoms with van der Waals surface area (Å²) in [5, 5.41) is 1.09. The molecule has 0 bridgehead atoms. The van der Waals surface area contributed by atoms with Crippen LogP contribution < -0.4 is 0 Å². The lowest BCUT2D eigenvalue weighted by atomic mass is 9.86. The Morgan fingerprint density at radius 2 is 1.77 bits per heavy atom. The van der Waals surface area contributed by atoms with Crippen LogP contribution in [0.25, 0.3) is 0 Å². The Morgan fingerprint density at radius 1 is 1.08 bits per heavy atom. The number of carbonyl (C=O) groups is 1. The lowest BCUT2D eigenvalue weighted by Gasteiger charge is -2.43. The summed E-state index contributed by atoms with van der Waals surface area (Å²) < 4.78 is 0. The summed E-state index contributed by atoms with van der Waals surface area (Å²) in [6.45, 7) is 2.39. The van der Waals surface area contributed by atoms with E-state index in [1.165, 1.54) is 45.2 Å². The number of halogens is 2. The minimum absolute atomic E-state index is 0.270. The van der Waals surface area contributed by atoms with E-state index in [1.807, 2.05) is 25.2 Å². The Kier molecular flexibility index (Phi) is 5.24. The fourth-order valence-corrected chi connectivity index (χ4v) is 5.37. The van der Waals surface area contributed by atoms with Gasteiger partial charge in [-0.2, -0.15) is 0 Å². The van der Waals surface area contributed by atoms with E-state index in [9.17, 15) is 4.79 Å². The van der Waals surface area contributed by atoms with Gasteiger partial charge in [-0.1, -0.05) is 42.1 Å². The quantitative estimate of drug-likeness (QED) is 0.725. The minimum atomic E-state index is -0.379. The molecule has 0 unspecified atom stereocenters. The van der Waals surface area contributed by atoms with Crippen LogP contribution in [0.1, 0.15) is 56.9 Å². The highest BCUT2D eigenvalue weighted by molar-refractivity contribution is 6.42. The van der Waals surface area contributed by atoms with Crippen LogP contribution in [0.3, 0.4) is 0 Å². The fourth-order valence-electron chi connectivity index (χ4n) is 5.08. The zero-order valence-electron chi connectivity index (χ0n) is 15.5. The number of hydrogen-bond donors (Lipinski definition) is 0. The second-order valence-corrected chi connectivity index (χ2v) is 9.10. The van der Waals surface area contributed by atoms with Crippen LogP contribution in [0.2, 0.25) is 10.0 Å². The molecule has 0 spiro atoms. The molecule has 3 nitrogen and oxygen atoms in total. The van der Waals surface area contributed by atoms with E-state index in [0.717, 1.165) is 24.8 Å². The Morgan fingerprint density at radius 3 is 2.42 bits per heavy atom. The van der Waals surface area contributed by atoms with E-state index >= 15 is 0 Å². The maximum Gasteiger partial charge on any atom is 0.233 e. The van der Waals surface area contributed by atoms with Crippen molar-refractivity contribution in [2.45, 2.75) is 68.9 Å². The molecule has 2 atom stereocenters. The Bertz CT molecular complexity index is 683. The van der Waals surface area contributed by atoms with Gasteiger partial charge in [0, 0.05) is 19.1 Å².